The Kier molecular flexibility index (Phi) is 4.99. The Morgan fingerprint density at radius 3 is 2.59 bits per heavy atom. The molecule has 0 saturated carbocycles. The third-order valence-corrected chi connectivity index (χ3v) is 5.72. The van der Waals surface area contributed by atoms with Crippen molar-refractivity contribution in [2.24, 2.45) is 0 Å². The van der Waals surface area contributed by atoms with Crippen molar-refractivity contribution in [2.75, 3.05) is 0 Å². The van der Waals surface area contributed by atoms with Crippen LogP contribution in [0.5, 0.6) is 0 Å². The maximum absolute atomic E-state index is 13.3. The lowest BCUT2D eigenvalue weighted by Crippen LogP contribution is -2.12. The Morgan fingerprint density at radius 2 is 1.93 bits per heavy atom. The maximum Gasteiger partial charge on any atom is 0.319 e. The summed E-state index contributed by atoms with van der Waals surface area (Å²) in [4.78, 5) is 16.6. The molecule has 4 nitrogen and oxygen atoms in total. The van der Waals surface area contributed by atoms with Crippen LogP contribution in [0.4, 0.5) is 4.39 Å². The van der Waals surface area contributed by atoms with Crippen LogP contribution in [0.2, 0.25) is 0 Å². The van der Waals surface area contributed by atoms with Gasteiger partial charge in [-0.25, -0.2) is 9.37 Å². The summed E-state index contributed by atoms with van der Waals surface area (Å²) in [6, 6.07) is 16.4. The first-order valence-corrected chi connectivity index (χ1v) is 9.70. The van der Waals surface area contributed by atoms with E-state index in [1.54, 1.807) is 18.3 Å². The number of ether oxygens (including phenoxy) is 1. The second kappa shape index (κ2) is 7.56. The van der Waals surface area contributed by atoms with Crippen LogP contribution in [0.25, 0.3) is 11.3 Å². The van der Waals surface area contributed by atoms with Crippen molar-refractivity contribution in [3.05, 3.63) is 72.2 Å². The van der Waals surface area contributed by atoms with Gasteiger partial charge in [0.2, 0.25) is 0 Å². The molecule has 1 aliphatic rings. The molecule has 2 heterocycles. The Hall–Kier alpha value is -2.60. The fraction of sp³-hybridized carbons (Fsp3) is 0.238. The van der Waals surface area contributed by atoms with E-state index in [2.05, 4.69) is 21.7 Å². The molecule has 2 atom stereocenters. The van der Waals surface area contributed by atoms with Gasteiger partial charge in [-0.05, 0) is 42.3 Å². The van der Waals surface area contributed by atoms with Gasteiger partial charge in [0.1, 0.15) is 17.2 Å². The van der Waals surface area contributed by atoms with Crippen molar-refractivity contribution in [3.63, 3.8) is 0 Å². The van der Waals surface area contributed by atoms with E-state index in [4.69, 9.17) is 4.74 Å². The third kappa shape index (κ3) is 3.90. The van der Waals surface area contributed by atoms with Crippen molar-refractivity contribution in [1.82, 2.24) is 9.55 Å². The number of rotatable bonds is 5. The summed E-state index contributed by atoms with van der Waals surface area (Å²) in [7, 11) is 0. The van der Waals surface area contributed by atoms with Crippen LogP contribution in [0.3, 0.4) is 0 Å². The molecule has 0 unspecified atom stereocenters. The second-order valence-corrected chi connectivity index (χ2v) is 7.76. The van der Waals surface area contributed by atoms with Crippen LogP contribution in [0.1, 0.15) is 18.9 Å². The van der Waals surface area contributed by atoms with Crippen LogP contribution in [0.15, 0.2) is 66.0 Å². The summed E-state index contributed by atoms with van der Waals surface area (Å²) in [6.45, 7) is 2.52. The van der Waals surface area contributed by atoms with E-state index < -0.39 is 0 Å². The highest BCUT2D eigenvalue weighted by molar-refractivity contribution is 8.00. The van der Waals surface area contributed by atoms with Gasteiger partial charge < -0.3 is 9.30 Å². The number of aromatic nitrogens is 2. The van der Waals surface area contributed by atoms with Crippen molar-refractivity contribution in [2.45, 2.75) is 36.4 Å². The quantitative estimate of drug-likeness (QED) is 0.608. The molecule has 4 rings (SSSR count). The van der Waals surface area contributed by atoms with Gasteiger partial charge in [-0.3, -0.25) is 4.79 Å². The SMILES string of the molecule is C[C@@H]1C[C@H](Sc2ncc(-c3ccc(F)cc3)n2Cc2ccccc2)C(=O)O1. The summed E-state index contributed by atoms with van der Waals surface area (Å²) in [6.07, 6.45) is 2.39. The molecule has 1 aromatic heterocycles. The zero-order valence-electron chi connectivity index (χ0n) is 14.8. The van der Waals surface area contributed by atoms with E-state index in [1.165, 1.54) is 23.9 Å². The number of hydrogen-bond donors (Lipinski definition) is 0. The first-order chi connectivity index (χ1) is 13.1. The van der Waals surface area contributed by atoms with Crippen molar-refractivity contribution >= 4 is 17.7 Å². The predicted molar refractivity (Wildman–Crippen MR) is 103 cm³/mol. The standard InChI is InChI=1S/C21H19FN2O2S/c1-14-11-19(20(25)26-14)27-21-23-12-18(16-7-9-17(22)10-8-16)24(21)13-15-5-3-2-4-6-15/h2-10,12,14,19H,11,13H2,1H3/t14-,19+/m1/s1. The summed E-state index contributed by atoms with van der Waals surface area (Å²) in [5.74, 6) is -0.463. The minimum atomic E-state index is -0.273. The molecule has 1 saturated heterocycles. The summed E-state index contributed by atoms with van der Waals surface area (Å²) < 4.78 is 20.7. The Bertz CT molecular complexity index is 941. The normalized spacial score (nSPS) is 19.3. The highest BCUT2D eigenvalue weighted by Gasteiger charge is 2.34. The summed E-state index contributed by atoms with van der Waals surface area (Å²) in [5.41, 5.74) is 2.90. The molecule has 0 amide bonds. The van der Waals surface area contributed by atoms with E-state index in [-0.39, 0.29) is 23.1 Å². The molecule has 3 aromatic rings. The maximum atomic E-state index is 13.3. The van der Waals surface area contributed by atoms with E-state index in [0.717, 1.165) is 22.0 Å². The van der Waals surface area contributed by atoms with E-state index in [0.29, 0.717) is 13.0 Å². The van der Waals surface area contributed by atoms with Crippen LogP contribution in [-0.2, 0) is 16.1 Å². The molecule has 0 radical (unpaired) electrons. The molecule has 1 aliphatic heterocycles. The topological polar surface area (TPSA) is 44.1 Å². The fourth-order valence-electron chi connectivity index (χ4n) is 3.17. The first kappa shape index (κ1) is 17.8. The van der Waals surface area contributed by atoms with Crippen molar-refractivity contribution in [3.8, 4) is 11.3 Å². The zero-order chi connectivity index (χ0) is 18.8. The lowest BCUT2D eigenvalue weighted by molar-refractivity contribution is -0.140. The highest BCUT2D eigenvalue weighted by atomic mass is 32.2. The number of hydrogen-bond acceptors (Lipinski definition) is 4. The Balaban J connectivity index is 1.70. The second-order valence-electron chi connectivity index (χ2n) is 6.59. The molecule has 6 heteroatoms. The molecular formula is C21H19FN2O2S. The summed E-state index contributed by atoms with van der Waals surface area (Å²) in [5, 5.41) is 0.507. The van der Waals surface area contributed by atoms with Crippen LogP contribution >= 0.6 is 11.8 Å². The summed E-state index contributed by atoms with van der Waals surface area (Å²) >= 11 is 1.43. The Labute approximate surface area is 161 Å². The molecule has 0 bridgehead atoms. The number of nitrogens with zero attached hydrogens (tertiary/aromatic N) is 2. The third-order valence-electron chi connectivity index (χ3n) is 4.52. The molecule has 138 valence electrons. The number of imidazole rings is 1. The minimum Gasteiger partial charge on any atom is -0.462 e. The molecule has 1 fully saturated rings. The van der Waals surface area contributed by atoms with Crippen LogP contribution < -0.4 is 0 Å². The Morgan fingerprint density at radius 1 is 1.19 bits per heavy atom. The van der Waals surface area contributed by atoms with Gasteiger partial charge in [0.25, 0.3) is 0 Å². The van der Waals surface area contributed by atoms with Gasteiger partial charge in [0.05, 0.1) is 18.4 Å². The number of benzene rings is 2. The van der Waals surface area contributed by atoms with Crippen LogP contribution in [-0.4, -0.2) is 26.9 Å². The fourth-order valence-corrected chi connectivity index (χ4v) is 4.34. The first-order valence-electron chi connectivity index (χ1n) is 8.82. The van der Waals surface area contributed by atoms with Crippen molar-refractivity contribution < 1.29 is 13.9 Å². The van der Waals surface area contributed by atoms with Gasteiger partial charge in [-0.15, -0.1) is 0 Å². The molecule has 2 aromatic carbocycles. The molecule has 0 aliphatic carbocycles. The van der Waals surface area contributed by atoms with E-state index in [9.17, 15) is 9.18 Å². The smallest absolute Gasteiger partial charge is 0.319 e. The van der Waals surface area contributed by atoms with Crippen molar-refractivity contribution in [1.29, 1.82) is 0 Å². The molecule has 0 spiro atoms. The van der Waals surface area contributed by atoms with Gasteiger partial charge in [-0.1, -0.05) is 42.1 Å². The lowest BCUT2D eigenvalue weighted by atomic mass is 10.1. The number of cyclic esters (lactones) is 1. The zero-order valence-corrected chi connectivity index (χ0v) is 15.7. The average molecular weight is 382 g/mol. The van der Waals surface area contributed by atoms with E-state index >= 15 is 0 Å². The minimum absolute atomic E-state index is 0.0656. The van der Waals surface area contributed by atoms with E-state index in [1.807, 2.05) is 25.1 Å². The van der Waals surface area contributed by atoms with Gasteiger partial charge in [-0.2, -0.15) is 0 Å². The number of carbonyl (C=O) groups is 1. The molecule has 0 N–H and O–H groups in total. The van der Waals surface area contributed by atoms with Gasteiger partial charge in [0.15, 0.2) is 5.16 Å². The predicted octanol–water partition coefficient (Wildman–Crippen LogP) is 4.53. The monoisotopic (exact) mass is 382 g/mol. The van der Waals surface area contributed by atoms with Gasteiger partial charge >= 0.3 is 5.97 Å². The largest absolute Gasteiger partial charge is 0.462 e. The lowest BCUT2D eigenvalue weighted by Gasteiger charge is -2.13. The molecule has 27 heavy (non-hydrogen) atoms. The number of halogens is 1. The van der Waals surface area contributed by atoms with Crippen LogP contribution in [0, 0.1) is 5.82 Å². The number of esters is 1. The highest BCUT2D eigenvalue weighted by Crippen LogP contribution is 2.34. The molecular weight excluding hydrogens is 363 g/mol. The number of thioether (sulfide) groups is 1. The van der Waals surface area contributed by atoms with Gasteiger partial charge in [0, 0.05) is 6.42 Å². The number of carbonyl (C=O) groups excluding carboxylic acids is 1. The average Bonchev–Trinajstić information content (AvgIpc) is 3.20.